The van der Waals surface area contributed by atoms with Gasteiger partial charge in [0.1, 0.15) is 12.1 Å². The number of carbonyl (C=O) groups is 1. The van der Waals surface area contributed by atoms with Crippen LogP contribution in [0.4, 0.5) is 11.5 Å². The molecule has 1 aromatic heterocycles. The predicted octanol–water partition coefficient (Wildman–Crippen LogP) is 2.62. The molecule has 0 spiro atoms. The molecule has 148 valence electrons. The lowest BCUT2D eigenvalue weighted by atomic mass is 10.1. The predicted molar refractivity (Wildman–Crippen MR) is 117 cm³/mol. The van der Waals surface area contributed by atoms with Crippen LogP contribution in [0.25, 0.3) is 10.9 Å². The number of ketones is 1. The first-order valence-electron chi connectivity index (χ1n) is 9.49. The zero-order valence-corrected chi connectivity index (χ0v) is 16.8. The maximum absolute atomic E-state index is 12.3. The van der Waals surface area contributed by atoms with E-state index >= 15 is 0 Å². The summed E-state index contributed by atoms with van der Waals surface area (Å²) in [5.74, 6) is 3.46. The highest BCUT2D eigenvalue weighted by Crippen LogP contribution is 2.24. The van der Waals surface area contributed by atoms with Gasteiger partial charge in [-0.25, -0.2) is 9.97 Å². The van der Waals surface area contributed by atoms with Crippen LogP contribution in [0.5, 0.6) is 0 Å². The van der Waals surface area contributed by atoms with E-state index in [-0.39, 0.29) is 5.78 Å². The Morgan fingerprint density at radius 2 is 2.03 bits per heavy atom. The number of aromatic nitrogens is 2. The van der Waals surface area contributed by atoms with Gasteiger partial charge in [-0.2, -0.15) is 0 Å². The molecular weight excluding hydrogens is 362 g/mol. The summed E-state index contributed by atoms with van der Waals surface area (Å²) < 4.78 is 0. The molecule has 1 heterocycles. The van der Waals surface area contributed by atoms with Gasteiger partial charge in [0, 0.05) is 36.1 Å². The third-order valence-electron chi connectivity index (χ3n) is 4.45. The van der Waals surface area contributed by atoms with Crippen molar-refractivity contribution in [2.75, 3.05) is 39.0 Å². The number of fused-ring (bicyclic) bond motifs is 1. The summed E-state index contributed by atoms with van der Waals surface area (Å²) >= 11 is 0. The van der Waals surface area contributed by atoms with E-state index in [0.717, 1.165) is 40.8 Å². The van der Waals surface area contributed by atoms with Crippen LogP contribution < -0.4 is 10.6 Å². The van der Waals surface area contributed by atoms with Crippen LogP contribution in [0, 0.1) is 12.3 Å². The fraction of sp³-hybridized carbons (Fsp3) is 0.261. The number of rotatable bonds is 9. The molecule has 0 saturated heterocycles. The SMILES string of the molecule is C#Cc1cccc(Nc2ncnc3ccc(CC(=O)CNCCN(C)C)cc23)c1. The first-order valence-corrected chi connectivity index (χ1v) is 9.49. The smallest absolute Gasteiger partial charge is 0.150 e. The maximum atomic E-state index is 12.3. The van der Waals surface area contributed by atoms with Crippen molar-refractivity contribution < 1.29 is 4.79 Å². The highest BCUT2D eigenvalue weighted by Gasteiger charge is 2.09. The van der Waals surface area contributed by atoms with E-state index in [2.05, 4.69) is 31.4 Å². The Bertz CT molecular complexity index is 1040. The van der Waals surface area contributed by atoms with Crippen LogP contribution in [0.3, 0.4) is 0 Å². The molecule has 6 nitrogen and oxygen atoms in total. The van der Waals surface area contributed by atoms with Gasteiger partial charge >= 0.3 is 0 Å². The molecule has 29 heavy (non-hydrogen) atoms. The van der Waals surface area contributed by atoms with Gasteiger partial charge in [0.15, 0.2) is 5.78 Å². The van der Waals surface area contributed by atoms with Crippen molar-refractivity contribution in [2.45, 2.75) is 6.42 Å². The molecular formula is C23H25N5O. The molecule has 0 fully saturated rings. The molecule has 0 atom stereocenters. The molecule has 0 radical (unpaired) electrons. The fourth-order valence-electron chi connectivity index (χ4n) is 2.96. The van der Waals surface area contributed by atoms with E-state index in [1.807, 2.05) is 56.6 Å². The van der Waals surface area contributed by atoms with Gasteiger partial charge in [0.25, 0.3) is 0 Å². The van der Waals surface area contributed by atoms with Gasteiger partial charge in [0.05, 0.1) is 12.1 Å². The van der Waals surface area contributed by atoms with Crippen LogP contribution >= 0.6 is 0 Å². The standard InChI is InChI=1S/C23H25N5O/c1-4-17-6-5-7-19(12-17)27-23-21-14-18(8-9-22(21)25-16-26-23)13-20(29)15-24-10-11-28(2)3/h1,5-9,12,14,16,24H,10-11,13,15H2,2-3H3,(H,25,26,27). The van der Waals surface area contributed by atoms with E-state index in [9.17, 15) is 4.79 Å². The molecule has 0 amide bonds. The molecule has 0 aliphatic heterocycles. The van der Waals surface area contributed by atoms with Gasteiger partial charge in [-0.05, 0) is 50.0 Å². The average Bonchev–Trinajstić information content (AvgIpc) is 2.72. The number of likely N-dealkylation sites (N-methyl/N-ethyl adjacent to an activating group) is 1. The number of hydrogen-bond acceptors (Lipinski definition) is 6. The number of hydrogen-bond donors (Lipinski definition) is 2. The summed E-state index contributed by atoms with van der Waals surface area (Å²) in [6.07, 6.45) is 7.37. The number of terminal acetylenes is 1. The lowest BCUT2D eigenvalue weighted by molar-refractivity contribution is -0.117. The van der Waals surface area contributed by atoms with Gasteiger partial charge in [-0.15, -0.1) is 6.42 Å². The van der Waals surface area contributed by atoms with Crippen molar-refractivity contribution in [2.24, 2.45) is 0 Å². The summed E-state index contributed by atoms with van der Waals surface area (Å²) in [5.41, 5.74) is 3.40. The molecule has 3 rings (SSSR count). The van der Waals surface area contributed by atoms with Crippen LogP contribution in [-0.2, 0) is 11.2 Å². The van der Waals surface area contributed by atoms with Crippen molar-refractivity contribution in [3.05, 3.63) is 59.9 Å². The van der Waals surface area contributed by atoms with E-state index in [1.165, 1.54) is 6.33 Å². The second kappa shape index (κ2) is 9.78. The summed E-state index contributed by atoms with van der Waals surface area (Å²) in [6.45, 7) is 2.05. The lowest BCUT2D eigenvalue weighted by Crippen LogP contribution is -2.31. The van der Waals surface area contributed by atoms with Crippen molar-refractivity contribution in [3.8, 4) is 12.3 Å². The normalized spacial score (nSPS) is 10.8. The van der Waals surface area contributed by atoms with Crippen LogP contribution in [0.1, 0.15) is 11.1 Å². The van der Waals surface area contributed by atoms with E-state index < -0.39 is 0 Å². The Labute approximate surface area is 171 Å². The van der Waals surface area contributed by atoms with Gasteiger partial charge in [0.2, 0.25) is 0 Å². The van der Waals surface area contributed by atoms with Crippen molar-refractivity contribution in [3.63, 3.8) is 0 Å². The summed E-state index contributed by atoms with van der Waals surface area (Å²) in [6, 6.07) is 13.4. The molecule has 6 heteroatoms. The first kappa shape index (κ1) is 20.5. The van der Waals surface area contributed by atoms with Crippen LogP contribution in [0.15, 0.2) is 48.8 Å². The number of nitrogens with one attached hydrogen (secondary N) is 2. The third-order valence-corrected chi connectivity index (χ3v) is 4.45. The van der Waals surface area contributed by atoms with E-state index in [4.69, 9.17) is 6.42 Å². The largest absolute Gasteiger partial charge is 0.340 e. The summed E-state index contributed by atoms with van der Waals surface area (Å²) in [5, 5.41) is 7.36. The van der Waals surface area contributed by atoms with E-state index in [0.29, 0.717) is 18.8 Å². The molecule has 2 N–H and O–H groups in total. The number of benzene rings is 2. The summed E-state index contributed by atoms with van der Waals surface area (Å²) in [7, 11) is 4.02. The average molecular weight is 387 g/mol. The van der Waals surface area contributed by atoms with Crippen LogP contribution in [-0.4, -0.2) is 54.4 Å². The number of anilines is 2. The number of carbonyl (C=O) groups excluding carboxylic acids is 1. The Morgan fingerprint density at radius 3 is 2.83 bits per heavy atom. The van der Waals surface area contributed by atoms with Gasteiger partial charge < -0.3 is 15.5 Å². The minimum Gasteiger partial charge on any atom is -0.340 e. The topological polar surface area (TPSA) is 70.1 Å². The quantitative estimate of drug-likeness (QED) is 0.435. The highest BCUT2D eigenvalue weighted by molar-refractivity contribution is 5.92. The van der Waals surface area contributed by atoms with Gasteiger partial charge in [-0.1, -0.05) is 18.1 Å². The molecule has 0 bridgehead atoms. The Balaban J connectivity index is 1.74. The Hall–Kier alpha value is -3.27. The van der Waals surface area contributed by atoms with Crippen LogP contribution in [0.2, 0.25) is 0 Å². The van der Waals surface area contributed by atoms with Crippen molar-refractivity contribution in [1.82, 2.24) is 20.2 Å². The molecule has 0 unspecified atom stereocenters. The molecule has 3 aromatic rings. The number of Topliss-reactive ketones (excluding diaryl/α,β-unsaturated/α-hetero) is 1. The Morgan fingerprint density at radius 1 is 1.17 bits per heavy atom. The fourth-order valence-corrected chi connectivity index (χ4v) is 2.96. The van der Waals surface area contributed by atoms with Crippen molar-refractivity contribution >= 4 is 28.2 Å². The van der Waals surface area contributed by atoms with Crippen molar-refractivity contribution in [1.29, 1.82) is 0 Å². The Kier molecular flexibility index (Phi) is 6.90. The van der Waals surface area contributed by atoms with E-state index in [1.54, 1.807) is 0 Å². The maximum Gasteiger partial charge on any atom is 0.150 e. The molecule has 0 aliphatic rings. The minimum absolute atomic E-state index is 0.149. The summed E-state index contributed by atoms with van der Waals surface area (Å²) in [4.78, 5) is 23.1. The molecule has 0 aliphatic carbocycles. The number of nitrogens with zero attached hydrogens (tertiary/aromatic N) is 3. The highest BCUT2D eigenvalue weighted by atomic mass is 16.1. The second-order valence-electron chi connectivity index (χ2n) is 7.12. The molecule has 2 aromatic carbocycles. The third kappa shape index (κ3) is 5.85. The van der Waals surface area contributed by atoms with Gasteiger partial charge in [-0.3, -0.25) is 4.79 Å². The zero-order chi connectivity index (χ0) is 20.6. The monoisotopic (exact) mass is 387 g/mol. The lowest BCUT2D eigenvalue weighted by Gasteiger charge is -2.11. The molecule has 0 saturated carbocycles. The second-order valence-corrected chi connectivity index (χ2v) is 7.12. The minimum atomic E-state index is 0.149. The first-order chi connectivity index (χ1) is 14.0. The zero-order valence-electron chi connectivity index (χ0n) is 16.8.